The third kappa shape index (κ3) is 2.82. The summed E-state index contributed by atoms with van der Waals surface area (Å²) in [4.78, 5) is 11.4. The van der Waals surface area contributed by atoms with Crippen LogP contribution < -0.4 is 5.32 Å². The molecule has 0 atom stereocenters. The van der Waals surface area contributed by atoms with E-state index in [0.29, 0.717) is 12.2 Å². The van der Waals surface area contributed by atoms with Crippen LogP contribution in [0.4, 0.5) is 5.69 Å². The number of carbonyl (C=O) groups excluding carboxylic acids is 1. The fourth-order valence-corrected chi connectivity index (χ4v) is 2.01. The van der Waals surface area contributed by atoms with E-state index in [1.807, 2.05) is 6.07 Å². The van der Waals surface area contributed by atoms with Gasteiger partial charge in [0.25, 0.3) is 0 Å². The lowest BCUT2D eigenvalue weighted by atomic mass is 10.0. The number of hydrogen-bond acceptors (Lipinski definition) is 2. The van der Waals surface area contributed by atoms with Crippen LogP contribution in [0.25, 0.3) is 0 Å². The zero-order chi connectivity index (χ0) is 10.5. The van der Waals surface area contributed by atoms with Gasteiger partial charge in [0, 0.05) is 25.1 Å². The first-order valence-electron chi connectivity index (χ1n) is 5.70. The highest BCUT2D eigenvalue weighted by molar-refractivity contribution is 5.79. The van der Waals surface area contributed by atoms with E-state index in [9.17, 15) is 4.79 Å². The van der Waals surface area contributed by atoms with E-state index in [1.54, 1.807) is 0 Å². The fraction of sp³-hybridized carbons (Fsp3) is 0.462. The number of hydrogen-bond donors (Lipinski definition) is 1. The van der Waals surface area contributed by atoms with Crippen molar-refractivity contribution in [2.24, 2.45) is 0 Å². The Kier molecular flexibility index (Phi) is 3.38. The van der Waals surface area contributed by atoms with E-state index < -0.39 is 0 Å². The van der Waals surface area contributed by atoms with Crippen LogP contribution in [0.5, 0.6) is 0 Å². The number of nitrogens with one attached hydrogen (secondary N) is 1. The van der Waals surface area contributed by atoms with Gasteiger partial charge in [0.1, 0.15) is 5.78 Å². The molecule has 0 spiro atoms. The average Bonchev–Trinajstić information content (AvgIpc) is 2.26. The van der Waals surface area contributed by atoms with Crippen LogP contribution in [0.15, 0.2) is 24.3 Å². The van der Waals surface area contributed by atoms with Gasteiger partial charge in [-0.1, -0.05) is 18.2 Å². The van der Waals surface area contributed by atoms with Gasteiger partial charge in [-0.3, -0.25) is 4.79 Å². The van der Waals surface area contributed by atoms with Crippen LogP contribution in [0.2, 0.25) is 0 Å². The van der Waals surface area contributed by atoms with Crippen molar-refractivity contribution in [1.82, 2.24) is 0 Å². The minimum Gasteiger partial charge on any atom is -0.384 e. The summed E-state index contributed by atoms with van der Waals surface area (Å²) in [6, 6.07) is 8.39. The largest absolute Gasteiger partial charge is 0.384 e. The quantitative estimate of drug-likeness (QED) is 0.702. The van der Waals surface area contributed by atoms with Gasteiger partial charge in [-0.25, -0.2) is 0 Å². The van der Waals surface area contributed by atoms with E-state index in [0.717, 1.165) is 32.2 Å². The highest BCUT2D eigenvalue weighted by Gasteiger charge is 2.07. The van der Waals surface area contributed by atoms with Gasteiger partial charge in [0.15, 0.2) is 0 Å². The Labute approximate surface area is 90.7 Å². The molecule has 0 unspecified atom stereocenters. The van der Waals surface area contributed by atoms with Crippen LogP contribution >= 0.6 is 0 Å². The summed E-state index contributed by atoms with van der Waals surface area (Å²) in [6.45, 7) is 0.774. The molecule has 15 heavy (non-hydrogen) atoms. The lowest BCUT2D eigenvalue weighted by Crippen LogP contribution is -2.11. The summed E-state index contributed by atoms with van der Waals surface area (Å²) >= 11 is 0. The molecule has 80 valence electrons. The summed E-state index contributed by atoms with van der Waals surface area (Å²) in [5.41, 5.74) is 2.58. The maximum Gasteiger partial charge on any atom is 0.134 e. The number of aryl methyl sites for hydroxylation is 1. The maximum atomic E-state index is 11.4. The molecule has 1 aliphatic rings. The van der Waals surface area contributed by atoms with E-state index >= 15 is 0 Å². The van der Waals surface area contributed by atoms with E-state index in [2.05, 4.69) is 23.5 Å². The summed E-state index contributed by atoms with van der Waals surface area (Å²) in [6.07, 6.45) is 4.65. The van der Waals surface area contributed by atoms with Gasteiger partial charge in [-0.15, -0.1) is 0 Å². The molecular weight excluding hydrogens is 186 g/mol. The lowest BCUT2D eigenvalue weighted by Gasteiger charge is -2.13. The predicted molar refractivity (Wildman–Crippen MR) is 62.1 cm³/mol. The first kappa shape index (κ1) is 10.2. The van der Waals surface area contributed by atoms with Crippen molar-refractivity contribution in [3.8, 4) is 0 Å². The molecule has 0 radical (unpaired) electrons. The van der Waals surface area contributed by atoms with E-state index in [4.69, 9.17) is 0 Å². The molecule has 0 bridgehead atoms. The first-order valence-corrected chi connectivity index (χ1v) is 5.70. The minimum absolute atomic E-state index is 0.391. The molecule has 1 aromatic carbocycles. The van der Waals surface area contributed by atoms with Crippen molar-refractivity contribution in [2.75, 3.05) is 11.9 Å². The number of para-hydroxylation sites is 1. The standard InChI is InChI=1S/C13H17NO/c15-12-7-3-1-5-11-6-2-4-8-13(11)14-10-9-12/h2,4,6,8,14H,1,3,5,7,9-10H2. The van der Waals surface area contributed by atoms with Crippen molar-refractivity contribution in [1.29, 1.82) is 0 Å². The Morgan fingerprint density at radius 1 is 1.00 bits per heavy atom. The Balaban J connectivity index is 2.11. The predicted octanol–water partition coefficient (Wildman–Crippen LogP) is 2.78. The minimum atomic E-state index is 0.391. The molecule has 0 saturated heterocycles. The molecule has 0 aromatic heterocycles. The SMILES string of the molecule is O=C1CCCCc2ccccc2NCC1. The Hall–Kier alpha value is -1.31. The van der Waals surface area contributed by atoms with Crippen LogP contribution in [0.3, 0.4) is 0 Å². The van der Waals surface area contributed by atoms with Gasteiger partial charge in [-0.05, 0) is 30.9 Å². The van der Waals surface area contributed by atoms with E-state index in [-0.39, 0.29) is 0 Å². The maximum absolute atomic E-state index is 11.4. The topological polar surface area (TPSA) is 29.1 Å². The molecule has 1 aliphatic heterocycles. The molecule has 2 heteroatoms. The van der Waals surface area contributed by atoms with E-state index in [1.165, 1.54) is 11.3 Å². The molecule has 2 nitrogen and oxygen atoms in total. The Morgan fingerprint density at radius 2 is 1.80 bits per heavy atom. The van der Waals surface area contributed by atoms with Crippen molar-refractivity contribution in [3.63, 3.8) is 0 Å². The highest BCUT2D eigenvalue weighted by atomic mass is 16.1. The number of carbonyl (C=O) groups is 1. The van der Waals surface area contributed by atoms with Crippen LogP contribution in [-0.4, -0.2) is 12.3 Å². The summed E-state index contributed by atoms with van der Waals surface area (Å²) in [5.74, 6) is 0.391. The third-order valence-electron chi connectivity index (χ3n) is 2.89. The zero-order valence-corrected chi connectivity index (χ0v) is 8.96. The number of fused-ring (bicyclic) bond motifs is 1. The fourth-order valence-electron chi connectivity index (χ4n) is 2.01. The average molecular weight is 203 g/mol. The van der Waals surface area contributed by atoms with Crippen molar-refractivity contribution in [2.45, 2.75) is 32.1 Å². The first-order chi connectivity index (χ1) is 7.36. The number of Topliss-reactive ketones (excluding diaryl/α,β-unsaturated/α-hetero) is 1. The molecule has 0 aliphatic carbocycles. The Bertz CT molecular complexity index is 346. The monoisotopic (exact) mass is 203 g/mol. The Morgan fingerprint density at radius 3 is 2.73 bits per heavy atom. The smallest absolute Gasteiger partial charge is 0.134 e. The second-order valence-corrected chi connectivity index (χ2v) is 4.08. The van der Waals surface area contributed by atoms with Crippen molar-refractivity contribution in [3.05, 3.63) is 29.8 Å². The van der Waals surface area contributed by atoms with Gasteiger partial charge >= 0.3 is 0 Å². The number of rotatable bonds is 0. The van der Waals surface area contributed by atoms with Gasteiger partial charge in [-0.2, -0.15) is 0 Å². The second-order valence-electron chi connectivity index (χ2n) is 4.08. The molecular formula is C13H17NO. The van der Waals surface area contributed by atoms with Crippen LogP contribution in [0, 0.1) is 0 Å². The third-order valence-corrected chi connectivity index (χ3v) is 2.89. The number of ketones is 1. The molecule has 2 rings (SSSR count). The van der Waals surface area contributed by atoms with Crippen molar-refractivity contribution < 1.29 is 4.79 Å². The van der Waals surface area contributed by atoms with Crippen LogP contribution in [-0.2, 0) is 11.2 Å². The summed E-state index contributed by atoms with van der Waals surface area (Å²) < 4.78 is 0. The molecule has 1 N–H and O–H groups in total. The molecule has 1 heterocycles. The number of anilines is 1. The normalized spacial score (nSPS) is 17.7. The summed E-state index contributed by atoms with van der Waals surface area (Å²) in [7, 11) is 0. The van der Waals surface area contributed by atoms with Gasteiger partial charge in [0.2, 0.25) is 0 Å². The summed E-state index contributed by atoms with van der Waals surface area (Å²) in [5, 5.41) is 3.34. The zero-order valence-electron chi connectivity index (χ0n) is 8.96. The van der Waals surface area contributed by atoms with Gasteiger partial charge in [0.05, 0.1) is 0 Å². The highest BCUT2D eigenvalue weighted by Crippen LogP contribution is 2.19. The second kappa shape index (κ2) is 4.96. The lowest BCUT2D eigenvalue weighted by molar-refractivity contribution is -0.118. The molecule has 0 fully saturated rings. The van der Waals surface area contributed by atoms with Crippen molar-refractivity contribution >= 4 is 11.5 Å². The molecule has 0 amide bonds. The van der Waals surface area contributed by atoms with Crippen LogP contribution in [0.1, 0.15) is 31.2 Å². The number of benzene rings is 1. The van der Waals surface area contributed by atoms with Gasteiger partial charge < -0.3 is 5.32 Å². The molecule has 1 aromatic rings. The molecule has 0 saturated carbocycles.